The van der Waals surface area contributed by atoms with E-state index in [-0.39, 0.29) is 10.8 Å². The van der Waals surface area contributed by atoms with Gasteiger partial charge in [0.05, 0.1) is 4.90 Å². The molecule has 8 heteroatoms. The maximum atomic E-state index is 12.8. The van der Waals surface area contributed by atoms with Gasteiger partial charge >= 0.3 is 5.69 Å². The highest BCUT2D eigenvalue weighted by molar-refractivity contribution is 7.90. The standard InChI is InChI=1S/C23H21N3O4S/c1-15-3-9-21(10-4-15)31(29,30)26-14-20(25-23(26)28)12-16-5-6-18-13-19(22(27)24-2)8-7-17(18)11-16/h3-11,13-14H,12H2,1-2H3,(H,24,27)(H,25,28). The van der Waals surface area contributed by atoms with Crippen LogP contribution in [0.3, 0.4) is 0 Å². The molecule has 2 N–H and O–H groups in total. The first-order valence-electron chi connectivity index (χ1n) is 9.65. The van der Waals surface area contributed by atoms with Crippen LogP contribution in [0.2, 0.25) is 0 Å². The molecule has 0 radical (unpaired) electrons. The fourth-order valence-corrected chi connectivity index (χ4v) is 4.66. The molecule has 0 fully saturated rings. The van der Waals surface area contributed by atoms with Crippen molar-refractivity contribution in [3.05, 3.63) is 99.7 Å². The van der Waals surface area contributed by atoms with E-state index in [1.807, 2.05) is 37.3 Å². The number of carbonyl (C=O) groups excluding carboxylic acids is 1. The highest BCUT2D eigenvalue weighted by Gasteiger charge is 2.20. The minimum absolute atomic E-state index is 0.0587. The predicted octanol–water partition coefficient (Wildman–Crippen LogP) is 2.83. The number of H-pyrrole nitrogens is 1. The number of hydrogen-bond acceptors (Lipinski definition) is 4. The van der Waals surface area contributed by atoms with Gasteiger partial charge in [-0.25, -0.2) is 13.2 Å². The van der Waals surface area contributed by atoms with Gasteiger partial charge in [-0.15, -0.1) is 0 Å². The second-order valence-electron chi connectivity index (χ2n) is 7.35. The Labute approximate surface area is 179 Å². The SMILES string of the molecule is CNC(=O)c1ccc2cc(Cc3cn(S(=O)(=O)c4ccc(C)cc4)c(=O)[nH]3)ccc2c1. The van der Waals surface area contributed by atoms with Crippen LogP contribution >= 0.6 is 0 Å². The topological polar surface area (TPSA) is 101 Å². The number of hydrogen-bond donors (Lipinski definition) is 2. The Morgan fingerprint density at radius 3 is 2.39 bits per heavy atom. The van der Waals surface area contributed by atoms with Gasteiger partial charge in [-0.1, -0.05) is 42.0 Å². The lowest BCUT2D eigenvalue weighted by Gasteiger charge is -2.06. The van der Waals surface area contributed by atoms with Crippen LogP contribution in [0.1, 0.15) is 27.2 Å². The van der Waals surface area contributed by atoms with Crippen molar-refractivity contribution in [2.45, 2.75) is 18.2 Å². The van der Waals surface area contributed by atoms with Crippen molar-refractivity contribution in [2.24, 2.45) is 0 Å². The lowest BCUT2D eigenvalue weighted by Crippen LogP contribution is -2.24. The third-order valence-corrected chi connectivity index (χ3v) is 6.76. The molecule has 0 aliphatic rings. The molecule has 0 unspecified atom stereocenters. The lowest BCUT2D eigenvalue weighted by molar-refractivity contribution is 0.0963. The van der Waals surface area contributed by atoms with Crippen molar-refractivity contribution in [3.8, 4) is 0 Å². The minimum Gasteiger partial charge on any atom is -0.355 e. The fourth-order valence-electron chi connectivity index (χ4n) is 3.43. The van der Waals surface area contributed by atoms with E-state index in [1.54, 1.807) is 25.2 Å². The van der Waals surface area contributed by atoms with E-state index in [0.717, 1.165) is 25.9 Å². The molecule has 3 aromatic carbocycles. The molecule has 0 saturated carbocycles. The van der Waals surface area contributed by atoms with E-state index >= 15 is 0 Å². The summed E-state index contributed by atoms with van der Waals surface area (Å²) in [6.07, 6.45) is 1.69. The van der Waals surface area contributed by atoms with Gasteiger partial charge < -0.3 is 10.3 Å². The molecule has 7 nitrogen and oxygen atoms in total. The summed E-state index contributed by atoms with van der Waals surface area (Å²) in [5.74, 6) is -0.153. The van der Waals surface area contributed by atoms with E-state index in [0.29, 0.717) is 17.7 Å². The maximum Gasteiger partial charge on any atom is 0.339 e. The van der Waals surface area contributed by atoms with Gasteiger partial charge in [-0.2, -0.15) is 3.97 Å². The van der Waals surface area contributed by atoms with E-state index in [4.69, 9.17) is 0 Å². The molecule has 0 aliphatic heterocycles. The molecule has 4 aromatic rings. The summed E-state index contributed by atoms with van der Waals surface area (Å²) in [6, 6.07) is 17.5. The highest BCUT2D eigenvalue weighted by atomic mass is 32.2. The van der Waals surface area contributed by atoms with E-state index in [9.17, 15) is 18.0 Å². The van der Waals surface area contributed by atoms with Crippen molar-refractivity contribution in [1.82, 2.24) is 14.3 Å². The Morgan fingerprint density at radius 2 is 1.68 bits per heavy atom. The summed E-state index contributed by atoms with van der Waals surface area (Å²) in [7, 11) is -2.39. The van der Waals surface area contributed by atoms with Crippen LogP contribution in [0, 0.1) is 6.92 Å². The average Bonchev–Trinajstić information content (AvgIpc) is 3.13. The van der Waals surface area contributed by atoms with Crippen LogP contribution in [0.5, 0.6) is 0 Å². The predicted molar refractivity (Wildman–Crippen MR) is 119 cm³/mol. The Kier molecular flexibility index (Phi) is 5.24. The number of carbonyl (C=O) groups is 1. The summed E-state index contributed by atoms with van der Waals surface area (Å²) in [4.78, 5) is 26.8. The van der Waals surface area contributed by atoms with Crippen LogP contribution in [-0.2, 0) is 16.4 Å². The number of aryl methyl sites for hydroxylation is 1. The molecular formula is C23H21N3O4S. The molecule has 158 valence electrons. The number of nitrogens with one attached hydrogen (secondary N) is 2. The summed E-state index contributed by atoms with van der Waals surface area (Å²) in [6.45, 7) is 1.86. The second-order valence-corrected chi connectivity index (χ2v) is 9.17. The van der Waals surface area contributed by atoms with Gasteiger partial charge in [0.2, 0.25) is 0 Å². The quantitative estimate of drug-likeness (QED) is 0.503. The van der Waals surface area contributed by atoms with Crippen molar-refractivity contribution < 1.29 is 13.2 Å². The normalized spacial score (nSPS) is 11.5. The van der Waals surface area contributed by atoms with Crippen LogP contribution in [-0.4, -0.2) is 30.3 Å². The Hall–Kier alpha value is -3.65. The van der Waals surface area contributed by atoms with Crippen LogP contribution < -0.4 is 11.0 Å². The summed E-state index contributed by atoms with van der Waals surface area (Å²) in [5.41, 5.74) is 2.19. The molecule has 1 amide bonds. The Balaban J connectivity index is 1.63. The highest BCUT2D eigenvalue weighted by Crippen LogP contribution is 2.20. The smallest absolute Gasteiger partial charge is 0.339 e. The van der Waals surface area contributed by atoms with Crippen molar-refractivity contribution in [3.63, 3.8) is 0 Å². The molecule has 0 bridgehead atoms. The monoisotopic (exact) mass is 435 g/mol. The second kappa shape index (κ2) is 7.88. The Bertz CT molecular complexity index is 1450. The molecular weight excluding hydrogens is 414 g/mol. The zero-order valence-electron chi connectivity index (χ0n) is 17.0. The van der Waals surface area contributed by atoms with Gasteiger partial charge in [0, 0.05) is 30.9 Å². The number of rotatable bonds is 5. The number of fused-ring (bicyclic) bond motifs is 1. The van der Waals surface area contributed by atoms with Gasteiger partial charge in [-0.05, 0) is 47.5 Å². The number of aromatic amines is 1. The number of benzene rings is 3. The maximum absolute atomic E-state index is 12.8. The van der Waals surface area contributed by atoms with Crippen LogP contribution in [0.15, 0.2) is 76.6 Å². The first kappa shape index (κ1) is 20.6. The number of imidazole rings is 1. The zero-order chi connectivity index (χ0) is 22.2. The first-order chi connectivity index (χ1) is 14.8. The molecule has 4 rings (SSSR count). The van der Waals surface area contributed by atoms with Crippen molar-refractivity contribution in [2.75, 3.05) is 7.05 Å². The largest absolute Gasteiger partial charge is 0.355 e. The molecule has 31 heavy (non-hydrogen) atoms. The summed E-state index contributed by atoms with van der Waals surface area (Å²) >= 11 is 0. The van der Waals surface area contributed by atoms with Crippen LogP contribution in [0.25, 0.3) is 10.8 Å². The summed E-state index contributed by atoms with van der Waals surface area (Å²) in [5, 5.41) is 4.46. The number of aromatic nitrogens is 2. The van der Waals surface area contributed by atoms with Gasteiger partial charge in [0.15, 0.2) is 0 Å². The van der Waals surface area contributed by atoms with Gasteiger partial charge in [0.1, 0.15) is 0 Å². The average molecular weight is 436 g/mol. The fraction of sp³-hybridized carbons (Fsp3) is 0.130. The van der Waals surface area contributed by atoms with Gasteiger partial charge in [0.25, 0.3) is 15.9 Å². The summed E-state index contributed by atoms with van der Waals surface area (Å²) < 4.78 is 26.4. The minimum atomic E-state index is -3.97. The molecule has 1 heterocycles. The lowest BCUT2D eigenvalue weighted by atomic mass is 10.0. The van der Waals surface area contributed by atoms with Crippen molar-refractivity contribution >= 4 is 26.7 Å². The van der Waals surface area contributed by atoms with E-state index < -0.39 is 15.7 Å². The number of nitrogens with zero attached hydrogens (tertiary/aromatic N) is 1. The number of amides is 1. The molecule has 0 atom stereocenters. The molecule has 0 saturated heterocycles. The molecule has 0 spiro atoms. The third kappa shape index (κ3) is 4.02. The van der Waals surface area contributed by atoms with E-state index in [1.165, 1.54) is 18.3 Å². The van der Waals surface area contributed by atoms with E-state index in [2.05, 4.69) is 10.3 Å². The van der Waals surface area contributed by atoms with Crippen molar-refractivity contribution in [1.29, 1.82) is 0 Å². The third-order valence-electron chi connectivity index (χ3n) is 5.11. The molecule has 1 aromatic heterocycles. The first-order valence-corrected chi connectivity index (χ1v) is 11.1. The van der Waals surface area contributed by atoms with Crippen LogP contribution in [0.4, 0.5) is 0 Å². The molecule has 0 aliphatic carbocycles. The zero-order valence-corrected chi connectivity index (χ0v) is 17.9. The van der Waals surface area contributed by atoms with Gasteiger partial charge in [-0.3, -0.25) is 4.79 Å². The Morgan fingerprint density at radius 1 is 1.00 bits per heavy atom.